The summed E-state index contributed by atoms with van der Waals surface area (Å²) in [4.78, 5) is 6.68. The van der Waals surface area contributed by atoms with Crippen LogP contribution in [0.5, 0.6) is 0 Å². The number of nitrogens with two attached hydrogens (primary N) is 1. The van der Waals surface area contributed by atoms with E-state index < -0.39 is 0 Å². The van der Waals surface area contributed by atoms with Crippen molar-refractivity contribution >= 4 is 17.1 Å². The molecule has 0 aliphatic carbocycles. The highest BCUT2D eigenvalue weighted by atomic mass is 15.4. The van der Waals surface area contributed by atoms with E-state index in [1.54, 1.807) is 0 Å². The Morgan fingerprint density at radius 3 is 2.67 bits per heavy atom. The third-order valence-corrected chi connectivity index (χ3v) is 3.37. The third kappa shape index (κ3) is 2.08. The Morgan fingerprint density at radius 2 is 2.06 bits per heavy atom. The van der Waals surface area contributed by atoms with Gasteiger partial charge in [0.1, 0.15) is 5.52 Å². The van der Waals surface area contributed by atoms with Crippen LogP contribution in [0.1, 0.15) is 19.5 Å². The number of imidazole rings is 1. The van der Waals surface area contributed by atoms with Gasteiger partial charge in [-0.1, -0.05) is 6.92 Å². The molecule has 0 saturated carbocycles. The summed E-state index contributed by atoms with van der Waals surface area (Å²) in [6.07, 6.45) is 0. The zero-order chi connectivity index (χ0) is 13.3. The molecular weight excluding hydrogens is 228 g/mol. The van der Waals surface area contributed by atoms with Gasteiger partial charge in [0, 0.05) is 19.6 Å². The molecule has 6 heteroatoms. The Morgan fingerprint density at radius 1 is 1.33 bits per heavy atom. The van der Waals surface area contributed by atoms with E-state index in [9.17, 15) is 0 Å². The zero-order valence-corrected chi connectivity index (χ0v) is 11.6. The lowest BCUT2D eigenvalue weighted by Crippen LogP contribution is -2.23. The fourth-order valence-corrected chi connectivity index (χ4v) is 2.11. The lowest BCUT2D eigenvalue weighted by atomic mass is 10.4. The number of nitrogens with zero attached hydrogens (tertiary/aromatic N) is 5. The van der Waals surface area contributed by atoms with Crippen LogP contribution in [0.4, 0.5) is 5.95 Å². The molecule has 2 heterocycles. The average molecular weight is 250 g/mol. The van der Waals surface area contributed by atoms with Gasteiger partial charge in [-0.15, -0.1) is 0 Å². The molecule has 0 spiro atoms. The standard InChI is InChI=1S/C12H22N6/c1-5-16(4)7-8-17-11-10(14-12(17)13)9(3)15-18(11)6-2/h5-8H2,1-4H3,(H2,13,14). The second-order valence-electron chi connectivity index (χ2n) is 4.59. The molecule has 0 fully saturated rings. The summed E-state index contributed by atoms with van der Waals surface area (Å²) >= 11 is 0. The van der Waals surface area contributed by atoms with Crippen molar-refractivity contribution in [3.63, 3.8) is 0 Å². The first-order chi connectivity index (χ1) is 8.58. The largest absolute Gasteiger partial charge is 0.369 e. The van der Waals surface area contributed by atoms with Crippen molar-refractivity contribution in [2.75, 3.05) is 25.9 Å². The molecule has 2 rings (SSSR count). The van der Waals surface area contributed by atoms with Gasteiger partial charge in [-0.05, 0) is 27.4 Å². The summed E-state index contributed by atoms with van der Waals surface area (Å²) in [7, 11) is 2.10. The molecule has 100 valence electrons. The maximum absolute atomic E-state index is 6.01. The Bertz CT molecular complexity index is 538. The quantitative estimate of drug-likeness (QED) is 0.863. The van der Waals surface area contributed by atoms with Gasteiger partial charge in [0.2, 0.25) is 5.95 Å². The molecule has 18 heavy (non-hydrogen) atoms. The van der Waals surface area contributed by atoms with Crippen LogP contribution in [0, 0.1) is 6.92 Å². The molecule has 6 nitrogen and oxygen atoms in total. The van der Waals surface area contributed by atoms with E-state index in [4.69, 9.17) is 5.73 Å². The minimum atomic E-state index is 0.581. The Balaban J connectivity index is 2.39. The molecular formula is C12H22N6. The zero-order valence-electron chi connectivity index (χ0n) is 11.6. The van der Waals surface area contributed by atoms with Crippen molar-refractivity contribution in [3.8, 4) is 0 Å². The van der Waals surface area contributed by atoms with E-state index in [2.05, 4.69) is 40.4 Å². The third-order valence-electron chi connectivity index (χ3n) is 3.37. The lowest BCUT2D eigenvalue weighted by Gasteiger charge is -2.15. The van der Waals surface area contributed by atoms with Gasteiger partial charge in [0.05, 0.1) is 5.69 Å². The number of rotatable bonds is 5. The molecule has 0 atom stereocenters. The first-order valence-electron chi connectivity index (χ1n) is 6.46. The number of hydrogen-bond acceptors (Lipinski definition) is 4. The summed E-state index contributed by atoms with van der Waals surface area (Å²) in [5.74, 6) is 0.581. The molecule has 0 amide bonds. The van der Waals surface area contributed by atoms with Crippen LogP contribution in [-0.4, -0.2) is 44.4 Å². The topological polar surface area (TPSA) is 64.9 Å². The number of fused-ring (bicyclic) bond motifs is 1. The molecule has 0 saturated heterocycles. The molecule has 2 N–H and O–H groups in total. The van der Waals surface area contributed by atoms with Gasteiger partial charge in [-0.2, -0.15) is 5.10 Å². The van der Waals surface area contributed by atoms with Crippen molar-refractivity contribution in [2.24, 2.45) is 0 Å². The van der Waals surface area contributed by atoms with E-state index in [0.29, 0.717) is 5.95 Å². The predicted octanol–water partition coefficient (Wildman–Crippen LogP) is 1.10. The SMILES string of the molecule is CCN(C)CCn1c(N)nc2c(C)nn(CC)c21. The van der Waals surface area contributed by atoms with Crippen LogP contribution in [0.25, 0.3) is 11.2 Å². The maximum atomic E-state index is 6.01. The van der Waals surface area contributed by atoms with Crippen LogP contribution in [0.15, 0.2) is 0 Å². The van der Waals surface area contributed by atoms with Crippen LogP contribution in [0.2, 0.25) is 0 Å². The Labute approximate surface area is 107 Å². The first-order valence-corrected chi connectivity index (χ1v) is 6.46. The second-order valence-corrected chi connectivity index (χ2v) is 4.59. The molecule has 2 aromatic heterocycles. The van der Waals surface area contributed by atoms with E-state index >= 15 is 0 Å². The smallest absolute Gasteiger partial charge is 0.202 e. The second kappa shape index (κ2) is 4.97. The molecule has 0 unspecified atom stereocenters. The molecule has 0 aromatic carbocycles. The van der Waals surface area contributed by atoms with E-state index in [1.807, 2.05) is 11.6 Å². The van der Waals surface area contributed by atoms with Crippen molar-refractivity contribution < 1.29 is 0 Å². The van der Waals surface area contributed by atoms with Gasteiger partial charge in [0.15, 0.2) is 5.65 Å². The maximum Gasteiger partial charge on any atom is 0.202 e. The van der Waals surface area contributed by atoms with Crippen LogP contribution < -0.4 is 5.73 Å². The summed E-state index contributed by atoms with van der Waals surface area (Å²) in [6, 6.07) is 0. The van der Waals surface area contributed by atoms with Gasteiger partial charge in [-0.25, -0.2) is 9.67 Å². The van der Waals surface area contributed by atoms with Crippen molar-refractivity contribution in [2.45, 2.75) is 33.9 Å². The summed E-state index contributed by atoms with van der Waals surface area (Å²) in [6.45, 7) is 9.87. The minimum Gasteiger partial charge on any atom is -0.369 e. The highest BCUT2D eigenvalue weighted by Crippen LogP contribution is 2.20. The van der Waals surface area contributed by atoms with Gasteiger partial charge < -0.3 is 10.6 Å². The van der Waals surface area contributed by atoms with Crippen molar-refractivity contribution in [1.29, 1.82) is 0 Å². The molecule has 0 bridgehead atoms. The van der Waals surface area contributed by atoms with Crippen molar-refractivity contribution in [3.05, 3.63) is 5.69 Å². The number of anilines is 1. The average Bonchev–Trinajstić information content (AvgIpc) is 2.84. The van der Waals surface area contributed by atoms with Gasteiger partial charge in [-0.3, -0.25) is 4.57 Å². The summed E-state index contributed by atoms with van der Waals surface area (Å²) < 4.78 is 4.03. The van der Waals surface area contributed by atoms with Crippen LogP contribution in [-0.2, 0) is 13.1 Å². The van der Waals surface area contributed by atoms with Gasteiger partial charge in [0.25, 0.3) is 0 Å². The van der Waals surface area contributed by atoms with Crippen LogP contribution >= 0.6 is 0 Å². The molecule has 2 aromatic rings. The van der Waals surface area contributed by atoms with Gasteiger partial charge >= 0.3 is 0 Å². The summed E-state index contributed by atoms with van der Waals surface area (Å²) in [5.41, 5.74) is 8.92. The number of aromatic nitrogens is 4. The molecule has 0 aliphatic heterocycles. The fraction of sp³-hybridized carbons (Fsp3) is 0.667. The molecule has 0 radical (unpaired) electrons. The normalized spacial score (nSPS) is 11.8. The Hall–Kier alpha value is -1.56. The number of nitrogen functional groups attached to an aromatic ring is 1. The number of hydrogen-bond donors (Lipinski definition) is 1. The van der Waals surface area contributed by atoms with Crippen molar-refractivity contribution in [1.82, 2.24) is 24.2 Å². The van der Waals surface area contributed by atoms with Crippen LogP contribution in [0.3, 0.4) is 0 Å². The number of aryl methyl sites for hydroxylation is 2. The van der Waals surface area contributed by atoms with E-state index in [-0.39, 0.29) is 0 Å². The molecule has 0 aliphatic rings. The Kier molecular flexibility index (Phi) is 3.56. The monoisotopic (exact) mass is 250 g/mol. The minimum absolute atomic E-state index is 0.581. The highest BCUT2D eigenvalue weighted by molar-refractivity contribution is 5.77. The first kappa shape index (κ1) is 12.9. The van der Waals surface area contributed by atoms with E-state index in [1.165, 1.54) is 0 Å². The van der Waals surface area contributed by atoms with E-state index in [0.717, 1.165) is 43.0 Å². The summed E-state index contributed by atoms with van der Waals surface area (Å²) in [5, 5.41) is 4.48. The number of likely N-dealkylation sites (N-methyl/N-ethyl adjacent to an activating group) is 1. The predicted molar refractivity (Wildman–Crippen MR) is 73.5 cm³/mol. The lowest BCUT2D eigenvalue weighted by molar-refractivity contribution is 0.337. The fourth-order valence-electron chi connectivity index (χ4n) is 2.11. The highest BCUT2D eigenvalue weighted by Gasteiger charge is 2.16.